The first kappa shape index (κ1) is 11.5. The summed E-state index contributed by atoms with van der Waals surface area (Å²) in [6.07, 6.45) is 2.54. The van der Waals surface area contributed by atoms with Crippen LogP contribution < -0.4 is 5.32 Å². The van der Waals surface area contributed by atoms with Crippen molar-refractivity contribution in [3.05, 3.63) is 0 Å². The van der Waals surface area contributed by atoms with Crippen LogP contribution in [0, 0.1) is 0 Å². The van der Waals surface area contributed by atoms with Gasteiger partial charge in [0.05, 0.1) is 7.11 Å². The molecule has 1 atom stereocenters. The number of ether oxygens (including phenoxy) is 1. The fraction of sp³-hybridized carbons (Fsp3) is 0.900. The molecule has 0 saturated heterocycles. The van der Waals surface area contributed by atoms with Gasteiger partial charge >= 0.3 is 5.97 Å². The van der Waals surface area contributed by atoms with Crippen LogP contribution in [0.1, 0.15) is 19.8 Å². The Balaban J connectivity index is 2.40. The Bertz CT molecular complexity index is 193. The molecular weight excluding hydrogens is 180 g/mol. The quantitative estimate of drug-likeness (QED) is 0.623. The molecule has 1 aliphatic rings. The molecule has 1 N–H and O–H groups in total. The van der Waals surface area contributed by atoms with Gasteiger partial charge in [-0.15, -0.1) is 0 Å². The van der Waals surface area contributed by atoms with Gasteiger partial charge < -0.3 is 10.1 Å². The van der Waals surface area contributed by atoms with Gasteiger partial charge in [0.15, 0.2) is 0 Å². The molecule has 0 radical (unpaired) electrons. The maximum Gasteiger partial charge on any atom is 0.324 e. The summed E-state index contributed by atoms with van der Waals surface area (Å²) in [5, 5.41) is 2.98. The van der Waals surface area contributed by atoms with E-state index in [1.54, 1.807) is 7.05 Å². The van der Waals surface area contributed by atoms with Gasteiger partial charge in [0.1, 0.15) is 6.04 Å². The predicted octanol–water partition coefficient (Wildman–Crippen LogP) is 0.232. The molecule has 1 fully saturated rings. The average molecular weight is 200 g/mol. The molecule has 0 aromatic carbocycles. The minimum atomic E-state index is -0.194. The Kier molecular flexibility index (Phi) is 4.35. The lowest BCUT2D eigenvalue weighted by atomic mass is 10.2. The maximum atomic E-state index is 11.3. The molecule has 1 unspecified atom stereocenters. The van der Waals surface area contributed by atoms with Crippen LogP contribution >= 0.6 is 0 Å². The summed E-state index contributed by atoms with van der Waals surface area (Å²) in [7, 11) is 3.22. The van der Waals surface area contributed by atoms with E-state index < -0.39 is 0 Å². The molecule has 0 bridgehead atoms. The first-order chi connectivity index (χ1) is 6.72. The molecule has 0 heterocycles. The highest BCUT2D eigenvalue weighted by Gasteiger charge is 2.31. The number of carbonyl (C=O) groups excluding carboxylic acids is 1. The van der Waals surface area contributed by atoms with Gasteiger partial charge in [-0.25, -0.2) is 0 Å². The monoisotopic (exact) mass is 200 g/mol. The number of likely N-dealkylation sites (N-methyl/N-ethyl adjacent to an activating group) is 2. The molecule has 0 amide bonds. The van der Waals surface area contributed by atoms with E-state index in [0.29, 0.717) is 6.04 Å². The van der Waals surface area contributed by atoms with Crippen LogP contribution in [0.5, 0.6) is 0 Å². The van der Waals surface area contributed by atoms with Crippen molar-refractivity contribution >= 4 is 5.97 Å². The van der Waals surface area contributed by atoms with Gasteiger partial charge in [-0.3, -0.25) is 9.69 Å². The first-order valence-electron chi connectivity index (χ1n) is 5.22. The number of nitrogens with one attached hydrogen (secondary N) is 1. The van der Waals surface area contributed by atoms with Crippen molar-refractivity contribution in [3.8, 4) is 0 Å². The van der Waals surface area contributed by atoms with Crippen LogP contribution in [0.4, 0.5) is 0 Å². The van der Waals surface area contributed by atoms with Gasteiger partial charge in [0.25, 0.3) is 0 Å². The zero-order valence-corrected chi connectivity index (χ0v) is 9.25. The fourth-order valence-corrected chi connectivity index (χ4v) is 1.64. The smallest absolute Gasteiger partial charge is 0.324 e. The zero-order chi connectivity index (χ0) is 10.6. The van der Waals surface area contributed by atoms with E-state index in [4.69, 9.17) is 4.74 Å². The number of nitrogens with zero attached hydrogens (tertiary/aromatic N) is 1. The van der Waals surface area contributed by atoms with Crippen molar-refractivity contribution in [3.63, 3.8) is 0 Å². The third-order valence-electron chi connectivity index (χ3n) is 2.72. The summed E-state index contributed by atoms with van der Waals surface area (Å²) in [5.41, 5.74) is 0. The average Bonchev–Trinajstić information content (AvgIpc) is 3.02. The second kappa shape index (κ2) is 5.32. The Hall–Kier alpha value is -0.610. The normalized spacial score (nSPS) is 18.3. The molecule has 82 valence electrons. The molecule has 1 aliphatic carbocycles. The Labute approximate surface area is 85.6 Å². The summed E-state index contributed by atoms with van der Waals surface area (Å²) in [5.74, 6) is -0.174. The lowest BCUT2D eigenvalue weighted by Crippen LogP contribution is -2.45. The third-order valence-corrected chi connectivity index (χ3v) is 2.72. The minimum absolute atomic E-state index is 0.174. The van der Waals surface area contributed by atoms with Gasteiger partial charge in [-0.2, -0.15) is 0 Å². The van der Waals surface area contributed by atoms with Gasteiger partial charge in [-0.1, -0.05) is 6.92 Å². The minimum Gasteiger partial charge on any atom is -0.468 e. The van der Waals surface area contributed by atoms with Crippen LogP contribution in [0.3, 0.4) is 0 Å². The summed E-state index contributed by atoms with van der Waals surface area (Å²) in [6.45, 7) is 3.88. The van der Waals surface area contributed by atoms with Crippen molar-refractivity contribution in [2.45, 2.75) is 31.8 Å². The van der Waals surface area contributed by atoms with Gasteiger partial charge in [0.2, 0.25) is 0 Å². The number of methoxy groups -OCH3 is 1. The summed E-state index contributed by atoms with van der Waals surface area (Å²) in [6, 6.07) is 0.501. The largest absolute Gasteiger partial charge is 0.468 e. The Morgan fingerprint density at radius 2 is 2.29 bits per heavy atom. The maximum absolute atomic E-state index is 11.3. The Morgan fingerprint density at radius 3 is 2.64 bits per heavy atom. The second-order valence-corrected chi connectivity index (χ2v) is 3.68. The standard InChI is InChI=1S/C10H20N2O2/c1-4-12(8-5-6-8)7-9(11-2)10(13)14-3/h8-9,11H,4-7H2,1-3H3. The number of hydrogen-bond acceptors (Lipinski definition) is 4. The van der Waals surface area contributed by atoms with E-state index in [2.05, 4.69) is 17.1 Å². The van der Waals surface area contributed by atoms with Crippen molar-refractivity contribution in [2.24, 2.45) is 0 Å². The molecule has 0 aromatic heterocycles. The molecule has 1 rings (SSSR count). The first-order valence-corrected chi connectivity index (χ1v) is 5.22. The van der Waals surface area contributed by atoms with E-state index in [9.17, 15) is 4.79 Å². The van der Waals surface area contributed by atoms with Gasteiger partial charge in [-0.05, 0) is 26.4 Å². The highest BCUT2D eigenvalue weighted by molar-refractivity contribution is 5.75. The lowest BCUT2D eigenvalue weighted by Gasteiger charge is -2.24. The molecule has 4 heteroatoms. The fourth-order valence-electron chi connectivity index (χ4n) is 1.64. The zero-order valence-electron chi connectivity index (χ0n) is 9.25. The molecule has 0 aromatic rings. The SMILES string of the molecule is CCN(CC(NC)C(=O)OC)C1CC1. The number of hydrogen-bond donors (Lipinski definition) is 1. The van der Waals surface area contributed by atoms with E-state index in [0.717, 1.165) is 13.1 Å². The van der Waals surface area contributed by atoms with Crippen molar-refractivity contribution in [2.75, 3.05) is 27.2 Å². The molecule has 4 nitrogen and oxygen atoms in total. The highest BCUT2D eigenvalue weighted by Crippen LogP contribution is 2.26. The van der Waals surface area contributed by atoms with Crippen LogP contribution in [0.25, 0.3) is 0 Å². The highest BCUT2D eigenvalue weighted by atomic mass is 16.5. The summed E-state index contributed by atoms with van der Waals surface area (Å²) >= 11 is 0. The molecule has 0 aliphatic heterocycles. The topological polar surface area (TPSA) is 41.6 Å². The number of esters is 1. The van der Waals surface area contributed by atoms with Crippen molar-refractivity contribution in [1.82, 2.24) is 10.2 Å². The van der Waals surface area contributed by atoms with Crippen LogP contribution in [-0.4, -0.2) is 50.2 Å². The molecule has 1 saturated carbocycles. The number of carbonyl (C=O) groups is 1. The predicted molar refractivity (Wildman–Crippen MR) is 55.1 cm³/mol. The van der Waals surface area contributed by atoms with Crippen LogP contribution in [0.15, 0.2) is 0 Å². The van der Waals surface area contributed by atoms with Crippen LogP contribution in [0.2, 0.25) is 0 Å². The third kappa shape index (κ3) is 2.96. The molecule has 0 spiro atoms. The van der Waals surface area contributed by atoms with Gasteiger partial charge in [0, 0.05) is 12.6 Å². The molecule has 14 heavy (non-hydrogen) atoms. The van der Waals surface area contributed by atoms with E-state index >= 15 is 0 Å². The summed E-state index contributed by atoms with van der Waals surface area (Å²) < 4.78 is 4.72. The molecular formula is C10H20N2O2. The van der Waals surface area contributed by atoms with Crippen molar-refractivity contribution < 1.29 is 9.53 Å². The van der Waals surface area contributed by atoms with E-state index in [1.807, 2.05) is 0 Å². The van der Waals surface area contributed by atoms with Crippen molar-refractivity contribution in [1.29, 1.82) is 0 Å². The van der Waals surface area contributed by atoms with Crippen LogP contribution in [-0.2, 0) is 9.53 Å². The summed E-state index contributed by atoms with van der Waals surface area (Å²) in [4.78, 5) is 13.7. The van der Waals surface area contributed by atoms with E-state index in [1.165, 1.54) is 20.0 Å². The van der Waals surface area contributed by atoms with E-state index in [-0.39, 0.29) is 12.0 Å². The lowest BCUT2D eigenvalue weighted by molar-refractivity contribution is -0.143. The second-order valence-electron chi connectivity index (χ2n) is 3.68. The number of rotatable bonds is 6. The Morgan fingerprint density at radius 1 is 1.64 bits per heavy atom.